The minimum atomic E-state index is -3.21. The zero-order valence-corrected chi connectivity index (χ0v) is 47.2. The van der Waals surface area contributed by atoms with E-state index in [0.29, 0.717) is 34.7 Å². The Morgan fingerprint density at radius 3 is 2.24 bits per heavy atom. The van der Waals surface area contributed by atoms with Gasteiger partial charge in [-0.25, -0.2) is 18.4 Å². The third kappa shape index (κ3) is 11.8. The molecule has 1 aromatic heterocycles. The van der Waals surface area contributed by atoms with E-state index in [1.807, 2.05) is 55.5 Å². The molecule has 1 unspecified atom stereocenters. The number of likely N-dealkylation sites (N-methyl/N-ethyl adjacent to an activating group) is 1. The average molecular weight is 1100 g/mol. The van der Waals surface area contributed by atoms with Crippen LogP contribution in [0.3, 0.4) is 0 Å². The summed E-state index contributed by atoms with van der Waals surface area (Å²) in [6.07, 6.45) is 5.24. The molecule has 0 saturated carbocycles. The number of hydrogen-bond donors (Lipinski definition) is 2. The number of halogens is 2. The highest BCUT2D eigenvalue weighted by atomic mass is 19.3. The second-order valence-corrected chi connectivity index (χ2v) is 23.9. The van der Waals surface area contributed by atoms with Gasteiger partial charge in [0.25, 0.3) is 17.7 Å². The molecule has 5 fully saturated rings. The van der Waals surface area contributed by atoms with Crippen LogP contribution in [-0.2, 0) is 26.2 Å². The summed E-state index contributed by atoms with van der Waals surface area (Å²) in [5.74, 6) is 4.05. The molecule has 10 rings (SSSR count). The molecule has 80 heavy (non-hydrogen) atoms. The number of piperidine rings is 4. The molecule has 5 aromatic rings. The number of benzene rings is 4. The van der Waals surface area contributed by atoms with Crippen molar-refractivity contribution < 1.29 is 37.5 Å². The molecule has 0 bridgehead atoms. The first-order chi connectivity index (χ1) is 38.1. The van der Waals surface area contributed by atoms with Crippen molar-refractivity contribution in [2.24, 2.45) is 24.8 Å². The van der Waals surface area contributed by atoms with Gasteiger partial charge in [0.2, 0.25) is 11.8 Å². The molecule has 424 valence electrons. The molecule has 18 heteroatoms. The van der Waals surface area contributed by atoms with E-state index in [9.17, 15) is 28.8 Å². The molecule has 0 aliphatic carbocycles. The maximum atomic E-state index is 15.2. The number of aryl methyl sites for hydroxylation is 2. The Balaban J connectivity index is 0.676. The van der Waals surface area contributed by atoms with Crippen LogP contribution in [0.15, 0.2) is 77.6 Å². The molecule has 5 saturated heterocycles. The second-order valence-electron chi connectivity index (χ2n) is 23.9. The number of carbonyl (C=O) groups excluding carboxylic acids is 5. The lowest BCUT2D eigenvalue weighted by Gasteiger charge is -2.39. The SMILES string of the molecule is Cc1ccc(N[C@H]2CN(C(=O)OC(C)(C)C)CC2(F)F)cc1C(=O)N[C@H](C)c1ccc(C#CC2CCN(CC3CCN(C(=O)C4CCN(c5ccc6c(c5)n(C)c(=O)n6C5CCC(=O)N(C)C5=O)CC4)CC3)CC2)c2ccccc12. The van der Waals surface area contributed by atoms with Gasteiger partial charge in [0.1, 0.15) is 17.7 Å². The Kier molecular flexibility index (Phi) is 15.9. The summed E-state index contributed by atoms with van der Waals surface area (Å²) in [5.41, 5.74) is 4.56. The van der Waals surface area contributed by atoms with Crippen molar-refractivity contribution in [3.63, 3.8) is 0 Å². The molecule has 5 amide bonds. The fourth-order valence-electron chi connectivity index (χ4n) is 12.5. The van der Waals surface area contributed by atoms with Gasteiger partial charge in [-0.3, -0.25) is 38.1 Å². The molecule has 0 radical (unpaired) electrons. The van der Waals surface area contributed by atoms with Crippen molar-refractivity contribution in [3.8, 4) is 11.8 Å². The fraction of sp³-hybridized carbons (Fsp3) is 0.516. The first-order valence-electron chi connectivity index (χ1n) is 28.5. The van der Waals surface area contributed by atoms with E-state index in [1.165, 1.54) is 11.6 Å². The number of alkyl halides is 2. The quantitative estimate of drug-likeness (QED) is 0.103. The van der Waals surface area contributed by atoms with Gasteiger partial charge in [0.15, 0.2) is 0 Å². The first-order valence-corrected chi connectivity index (χ1v) is 28.5. The molecule has 3 atom stereocenters. The second kappa shape index (κ2) is 22.7. The number of imide groups is 1. The number of fused-ring (bicyclic) bond motifs is 2. The van der Waals surface area contributed by atoms with Crippen molar-refractivity contribution in [2.75, 3.05) is 76.2 Å². The lowest BCUT2D eigenvalue weighted by Crippen LogP contribution is -2.47. The summed E-state index contributed by atoms with van der Waals surface area (Å²) in [5, 5.41) is 8.02. The largest absolute Gasteiger partial charge is 0.444 e. The molecule has 4 aromatic carbocycles. The third-order valence-corrected chi connectivity index (χ3v) is 17.2. The van der Waals surface area contributed by atoms with E-state index < -0.39 is 36.2 Å². The van der Waals surface area contributed by atoms with Crippen molar-refractivity contribution in [1.82, 2.24) is 34.1 Å². The summed E-state index contributed by atoms with van der Waals surface area (Å²) in [6.45, 7) is 13.9. The van der Waals surface area contributed by atoms with E-state index in [-0.39, 0.29) is 60.2 Å². The smallest absolute Gasteiger partial charge is 0.410 e. The molecule has 5 aliphatic heterocycles. The van der Waals surface area contributed by atoms with Crippen LogP contribution in [0, 0.1) is 36.5 Å². The van der Waals surface area contributed by atoms with Gasteiger partial charge in [0.05, 0.1) is 30.2 Å². The topological polar surface area (TPSA) is 162 Å². The number of likely N-dealkylation sites (tertiary alicyclic amines) is 4. The standard InChI is InChI=1S/C62H75F2N9O7/c1-39-12-16-45(66-54-37-72(38-62(54,63)64)60(79)80-61(3,4)5)34-50(39)56(75)65-40(2)47-18-15-43(48-10-8-9-11-49(47)48)14-13-41-22-28-69(29-23-41)36-42-24-30-71(31-25-42)57(76)44-26-32-70(33-27-44)46-17-19-51-53(35-46)67(6)59(78)73(51)52-20-21-55(74)68(7)58(52)77/h8-12,15-19,34-35,40-42,44,52,54,66H,20-33,36-38H2,1-7H3,(H,65,75)/t40-,52?,54+/m1/s1. The van der Waals surface area contributed by atoms with Crippen molar-refractivity contribution in [3.05, 3.63) is 106 Å². The van der Waals surface area contributed by atoms with Crippen LogP contribution in [0.4, 0.5) is 25.0 Å². The van der Waals surface area contributed by atoms with Gasteiger partial charge in [-0.1, -0.05) is 48.2 Å². The van der Waals surface area contributed by atoms with Crippen LogP contribution < -0.4 is 21.2 Å². The molecule has 5 aliphatic rings. The van der Waals surface area contributed by atoms with Crippen LogP contribution in [0.1, 0.15) is 118 Å². The van der Waals surface area contributed by atoms with Crippen LogP contribution in [0.2, 0.25) is 0 Å². The zero-order valence-electron chi connectivity index (χ0n) is 47.2. The van der Waals surface area contributed by atoms with Gasteiger partial charge in [-0.15, -0.1) is 0 Å². The van der Waals surface area contributed by atoms with E-state index in [2.05, 4.69) is 43.2 Å². The first kappa shape index (κ1) is 56.0. The minimum absolute atomic E-state index is 0.0136. The van der Waals surface area contributed by atoms with Gasteiger partial charge in [0, 0.05) is 87.6 Å². The normalized spacial score (nSPS) is 21.2. The summed E-state index contributed by atoms with van der Waals surface area (Å²) >= 11 is 0. The van der Waals surface area contributed by atoms with Crippen LogP contribution in [0.5, 0.6) is 0 Å². The van der Waals surface area contributed by atoms with Gasteiger partial charge in [-0.05, 0) is 157 Å². The monoisotopic (exact) mass is 1100 g/mol. The molecule has 0 spiro atoms. The number of ether oxygens (including phenoxy) is 1. The Bertz CT molecular complexity index is 3330. The lowest BCUT2D eigenvalue weighted by molar-refractivity contribution is -0.149. The fourth-order valence-corrected chi connectivity index (χ4v) is 12.5. The van der Waals surface area contributed by atoms with Gasteiger partial charge >= 0.3 is 11.8 Å². The third-order valence-electron chi connectivity index (χ3n) is 17.2. The number of hydrogen-bond acceptors (Lipinski definition) is 10. The van der Waals surface area contributed by atoms with E-state index in [0.717, 1.165) is 127 Å². The van der Waals surface area contributed by atoms with E-state index in [1.54, 1.807) is 57.5 Å². The number of nitrogens with zero attached hydrogens (tertiary/aromatic N) is 7. The summed E-state index contributed by atoms with van der Waals surface area (Å²) in [7, 11) is 3.19. The maximum absolute atomic E-state index is 15.2. The van der Waals surface area contributed by atoms with E-state index >= 15 is 8.78 Å². The number of anilines is 2. The van der Waals surface area contributed by atoms with Gasteiger partial charge in [-0.2, -0.15) is 0 Å². The number of nitrogens with one attached hydrogen (secondary N) is 2. The molecule has 6 heterocycles. The number of amides is 5. The van der Waals surface area contributed by atoms with Crippen LogP contribution >= 0.6 is 0 Å². The van der Waals surface area contributed by atoms with Crippen molar-refractivity contribution >= 4 is 62.9 Å². The Morgan fingerprint density at radius 1 is 0.812 bits per heavy atom. The predicted molar refractivity (Wildman–Crippen MR) is 305 cm³/mol. The average Bonchev–Trinajstić information content (AvgIpc) is 3.90. The minimum Gasteiger partial charge on any atom is -0.444 e. The Labute approximate surface area is 466 Å². The summed E-state index contributed by atoms with van der Waals surface area (Å²) in [6, 6.07) is 20.5. The predicted octanol–water partition coefficient (Wildman–Crippen LogP) is 8.50. The van der Waals surface area contributed by atoms with Crippen molar-refractivity contribution in [2.45, 2.75) is 116 Å². The lowest BCUT2D eigenvalue weighted by atomic mass is 9.90. The number of aromatic nitrogens is 2. The molecule has 16 nitrogen and oxygen atoms in total. The van der Waals surface area contributed by atoms with Crippen LogP contribution in [0.25, 0.3) is 21.8 Å². The number of rotatable bonds is 10. The highest BCUT2D eigenvalue weighted by Gasteiger charge is 2.51. The molecular formula is C62H75F2N9O7. The van der Waals surface area contributed by atoms with E-state index in [4.69, 9.17) is 4.74 Å². The highest BCUT2D eigenvalue weighted by molar-refractivity contribution is 6.00. The van der Waals surface area contributed by atoms with Crippen LogP contribution in [-0.4, -0.2) is 142 Å². The zero-order chi connectivity index (χ0) is 56.8. The van der Waals surface area contributed by atoms with Crippen molar-refractivity contribution in [1.29, 1.82) is 0 Å². The maximum Gasteiger partial charge on any atom is 0.410 e. The number of carbonyl (C=O) groups is 5. The molecular weight excluding hydrogens is 1020 g/mol. The summed E-state index contributed by atoms with van der Waals surface area (Å²) in [4.78, 5) is 88.0. The Hall–Kier alpha value is -7.26. The Morgan fingerprint density at radius 2 is 1.52 bits per heavy atom. The highest BCUT2D eigenvalue weighted by Crippen LogP contribution is 2.35. The van der Waals surface area contributed by atoms with Gasteiger partial charge < -0.3 is 30.1 Å². The summed E-state index contributed by atoms with van der Waals surface area (Å²) < 4.78 is 38.8. The molecule has 2 N–H and O–H groups in total. The number of imidazole rings is 1.